The van der Waals surface area contributed by atoms with Crippen molar-refractivity contribution < 1.29 is 13.9 Å². The van der Waals surface area contributed by atoms with Crippen molar-refractivity contribution in [2.75, 3.05) is 18.4 Å². The first-order chi connectivity index (χ1) is 15.1. The molecule has 2 unspecified atom stereocenters. The van der Waals surface area contributed by atoms with Gasteiger partial charge in [-0.1, -0.05) is 24.3 Å². The van der Waals surface area contributed by atoms with Crippen molar-refractivity contribution >= 4 is 17.4 Å². The number of anilines is 1. The van der Waals surface area contributed by atoms with Crippen LogP contribution in [0.3, 0.4) is 0 Å². The first-order valence-corrected chi connectivity index (χ1v) is 10.7. The van der Waals surface area contributed by atoms with Gasteiger partial charge in [0.15, 0.2) is 0 Å². The van der Waals surface area contributed by atoms with E-state index >= 15 is 0 Å². The Bertz CT molecular complexity index is 1150. The smallest absolute Gasteiger partial charge is 0.248 e. The van der Waals surface area contributed by atoms with Crippen molar-refractivity contribution in [2.24, 2.45) is 10.7 Å². The molecule has 2 aromatic carbocycles. The standard InChI is InChI=1S/C24H23FN4O2/c25-15-5-6-19-16(11-15)20-21(28-19)17(22(26)30)12-27-23(20)29-9-7-24(8-10-29)18-4-2-1-3-14(18)13-31-24/h1-6,11-12,20-21,28H,7-10,13H2,(H2,26,30). The van der Waals surface area contributed by atoms with Crippen molar-refractivity contribution in [1.82, 2.24) is 4.90 Å². The van der Waals surface area contributed by atoms with Crippen molar-refractivity contribution in [3.63, 3.8) is 0 Å². The Morgan fingerprint density at radius 1 is 1.23 bits per heavy atom. The highest BCUT2D eigenvalue weighted by Crippen LogP contribution is 2.47. The van der Waals surface area contributed by atoms with Gasteiger partial charge in [0.05, 0.1) is 29.7 Å². The Morgan fingerprint density at radius 2 is 2.03 bits per heavy atom. The van der Waals surface area contributed by atoms with Crippen LogP contribution in [0.4, 0.5) is 10.1 Å². The van der Waals surface area contributed by atoms with Crippen LogP contribution in [0.5, 0.6) is 0 Å². The van der Waals surface area contributed by atoms with Gasteiger partial charge in [0.2, 0.25) is 5.91 Å². The lowest BCUT2D eigenvalue weighted by Crippen LogP contribution is -2.49. The molecular formula is C24H23FN4O2. The average molecular weight is 418 g/mol. The average Bonchev–Trinajstić information content (AvgIpc) is 3.33. The number of halogens is 1. The highest BCUT2D eigenvalue weighted by Gasteiger charge is 2.47. The second-order valence-electron chi connectivity index (χ2n) is 8.69. The van der Waals surface area contributed by atoms with E-state index in [1.54, 1.807) is 12.3 Å². The molecule has 1 spiro atoms. The van der Waals surface area contributed by atoms with E-state index < -0.39 is 5.91 Å². The number of aliphatic imine (C=N–C) groups is 1. The summed E-state index contributed by atoms with van der Waals surface area (Å²) in [6.45, 7) is 2.21. The summed E-state index contributed by atoms with van der Waals surface area (Å²) in [7, 11) is 0. The third-order valence-corrected chi connectivity index (χ3v) is 7.13. The van der Waals surface area contributed by atoms with E-state index in [0.717, 1.165) is 43.0 Å². The number of piperidine rings is 1. The van der Waals surface area contributed by atoms with Crippen LogP contribution >= 0.6 is 0 Å². The van der Waals surface area contributed by atoms with E-state index in [1.165, 1.54) is 23.3 Å². The number of nitrogens with zero attached hydrogens (tertiary/aromatic N) is 2. The van der Waals surface area contributed by atoms with Gasteiger partial charge in [-0.05, 0) is 47.7 Å². The molecule has 0 bridgehead atoms. The number of benzene rings is 2. The number of carbonyl (C=O) groups excluding carboxylic acids is 1. The highest BCUT2D eigenvalue weighted by atomic mass is 19.1. The number of ether oxygens (including phenoxy) is 1. The molecule has 0 aliphatic carbocycles. The normalized spacial score (nSPS) is 25.3. The van der Waals surface area contributed by atoms with Crippen LogP contribution in [-0.4, -0.2) is 35.8 Å². The minimum atomic E-state index is -0.507. The lowest BCUT2D eigenvalue weighted by molar-refractivity contribution is -0.114. The van der Waals surface area contributed by atoms with E-state index in [0.29, 0.717) is 12.2 Å². The Kier molecular flexibility index (Phi) is 3.99. The Morgan fingerprint density at radius 3 is 2.84 bits per heavy atom. The van der Waals surface area contributed by atoms with E-state index in [1.807, 2.05) is 0 Å². The van der Waals surface area contributed by atoms with Gasteiger partial charge in [0, 0.05) is 25.0 Å². The van der Waals surface area contributed by atoms with Crippen molar-refractivity contribution in [3.8, 4) is 0 Å². The quantitative estimate of drug-likeness (QED) is 0.746. The molecule has 4 aliphatic heterocycles. The Balaban J connectivity index is 1.32. The lowest BCUT2D eigenvalue weighted by atomic mass is 9.82. The van der Waals surface area contributed by atoms with Crippen LogP contribution in [0.2, 0.25) is 0 Å². The molecule has 0 saturated carbocycles. The highest BCUT2D eigenvalue weighted by molar-refractivity contribution is 6.02. The summed E-state index contributed by atoms with van der Waals surface area (Å²) in [5.41, 5.74) is 10.00. The maximum absolute atomic E-state index is 14.1. The molecule has 2 atom stereocenters. The molecule has 158 valence electrons. The monoisotopic (exact) mass is 418 g/mol. The number of fused-ring (bicyclic) bond motifs is 5. The molecule has 1 saturated heterocycles. The molecule has 4 heterocycles. The summed E-state index contributed by atoms with van der Waals surface area (Å²) in [4.78, 5) is 18.9. The lowest BCUT2D eigenvalue weighted by Gasteiger charge is -2.43. The number of amides is 1. The van der Waals surface area contributed by atoms with Gasteiger partial charge in [0.1, 0.15) is 11.7 Å². The van der Waals surface area contributed by atoms with E-state index in [9.17, 15) is 9.18 Å². The zero-order valence-electron chi connectivity index (χ0n) is 17.0. The van der Waals surface area contributed by atoms with E-state index in [2.05, 4.69) is 39.5 Å². The van der Waals surface area contributed by atoms with Crippen LogP contribution in [0.15, 0.2) is 59.2 Å². The van der Waals surface area contributed by atoms with Gasteiger partial charge in [-0.15, -0.1) is 0 Å². The molecule has 0 aromatic heterocycles. The van der Waals surface area contributed by atoms with Crippen LogP contribution < -0.4 is 11.1 Å². The molecule has 0 radical (unpaired) electrons. The summed E-state index contributed by atoms with van der Waals surface area (Å²) >= 11 is 0. The third-order valence-electron chi connectivity index (χ3n) is 7.13. The van der Waals surface area contributed by atoms with E-state index in [4.69, 9.17) is 10.5 Å². The summed E-state index contributed by atoms with van der Waals surface area (Å²) in [6, 6.07) is 12.8. The summed E-state index contributed by atoms with van der Waals surface area (Å²) in [6.07, 6.45) is 3.28. The van der Waals surface area contributed by atoms with Crippen LogP contribution in [0, 0.1) is 5.82 Å². The molecule has 2 aromatic rings. The number of amidine groups is 1. The van der Waals surface area contributed by atoms with Gasteiger partial charge in [-0.25, -0.2) is 9.38 Å². The molecule has 1 amide bonds. The maximum Gasteiger partial charge on any atom is 0.248 e. The molecule has 31 heavy (non-hydrogen) atoms. The number of rotatable bonds is 1. The number of carbonyl (C=O) groups is 1. The van der Waals surface area contributed by atoms with Gasteiger partial charge in [0.25, 0.3) is 0 Å². The van der Waals surface area contributed by atoms with Gasteiger partial charge >= 0.3 is 0 Å². The molecule has 7 heteroatoms. The Hall–Kier alpha value is -3.19. The van der Waals surface area contributed by atoms with Crippen molar-refractivity contribution in [1.29, 1.82) is 0 Å². The molecule has 4 aliphatic rings. The summed E-state index contributed by atoms with van der Waals surface area (Å²) < 4.78 is 20.4. The van der Waals surface area contributed by atoms with Gasteiger partial charge < -0.3 is 20.7 Å². The predicted molar refractivity (Wildman–Crippen MR) is 115 cm³/mol. The molecular weight excluding hydrogens is 395 g/mol. The molecule has 1 fully saturated rings. The van der Waals surface area contributed by atoms with Crippen LogP contribution in [0.25, 0.3) is 0 Å². The number of likely N-dealkylation sites (tertiary alicyclic amines) is 1. The second kappa shape index (κ2) is 6.65. The summed E-state index contributed by atoms with van der Waals surface area (Å²) in [5.74, 6) is -0.201. The number of nitrogens with two attached hydrogens (primary N) is 1. The van der Waals surface area contributed by atoms with Crippen molar-refractivity contribution in [2.45, 2.75) is 37.0 Å². The van der Waals surface area contributed by atoms with E-state index in [-0.39, 0.29) is 23.4 Å². The first kappa shape index (κ1) is 18.6. The fourth-order valence-electron chi connectivity index (χ4n) is 5.58. The minimum absolute atomic E-state index is 0.242. The van der Waals surface area contributed by atoms with Gasteiger partial charge in [-0.3, -0.25) is 4.79 Å². The third kappa shape index (κ3) is 2.73. The van der Waals surface area contributed by atoms with Crippen molar-refractivity contribution in [3.05, 3.63) is 76.7 Å². The largest absolute Gasteiger partial charge is 0.377 e. The maximum atomic E-state index is 14.1. The topological polar surface area (TPSA) is 80.0 Å². The predicted octanol–water partition coefficient (Wildman–Crippen LogP) is 3.01. The fraction of sp³-hybridized carbons (Fsp3) is 0.333. The Labute approximate surface area is 179 Å². The summed E-state index contributed by atoms with van der Waals surface area (Å²) in [5, 5.41) is 3.36. The molecule has 6 rings (SSSR count). The first-order valence-electron chi connectivity index (χ1n) is 10.7. The van der Waals surface area contributed by atoms with Crippen LogP contribution in [0.1, 0.15) is 35.4 Å². The minimum Gasteiger partial charge on any atom is -0.377 e. The second-order valence-corrected chi connectivity index (χ2v) is 8.69. The number of nitrogens with one attached hydrogen (secondary N) is 1. The number of primary amides is 1. The molecule has 3 N–H and O–H groups in total. The molecule has 6 nitrogen and oxygen atoms in total. The SMILES string of the molecule is NC(=O)C1=CN=C(N2CCC3(CC2)OCc2ccccc23)C2c3cc(F)ccc3NC12. The number of hydrogen-bond donors (Lipinski definition) is 2. The van der Waals surface area contributed by atoms with Gasteiger partial charge in [-0.2, -0.15) is 0 Å². The fourth-order valence-corrected chi connectivity index (χ4v) is 5.58. The van der Waals surface area contributed by atoms with Crippen LogP contribution in [-0.2, 0) is 21.7 Å². The zero-order chi connectivity index (χ0) is 21.2. The number of hydrogen-bond acceptors (Lipinski definition) is 5. The zero-order valence-corrected chi connectivity index (χ0v) is 17.0.